The molecule has 1 aromatic heterocycles. The lowest BCUT2D eigenvalue weighted by molar-refractivity contribution is -0.105. The molecule has 0 unspecified atom stereocenters. The number of hydrogen-bond acceptors (Lipinski definition) is 3. The Bertz CT molecular complexity index is 571. The molecule has 0 bridgehead atoms. The highest BCUT2D eigenvalue weighted by molar-refractivity contribution is 9.10. The minimum atomic E-state index is -4.18. The molecule has 7 heteroatoms. The molecule has 1 N–H and O–H groups in total. The Balaban J connectivity index is 2.00. The van der Waals surface area contributed by atoms with Crippen molar-refractivity contribution in [3.8, 4) is 0 Å². The summed E-state index contributed by atoms with van der Waals surface area (Å²) in [5, 5.41) is 3.08. The number of halogens is 4. The molecule has 0 amide bonds. The summed E-state index contributed by atoms with van der Waals surface area (Å²) in [6.07, 6.45) is -4.18. The first-order valence-electron chi connectivity index (χ1n) is 5.71. The van der Waals surface area contributed by atoms with Crippen molar-refractivity contribution in [1.29, 1.82) is 0 Å². The summed E-state index contributed by atoms with van der Waals surface area (Å²) in [4.78, 5) is 0.565. The lowest BCUT2D eigenvalue weighted by atomic mass is 10.3. The van der Waals surface area contributed by atoms with Crippen LogP contribution in [0.5, 0.6) is 0 Å². The zero-order chi connectivity index (χ0) is 14.6. The van der Waals surface area contributed by atoms with Crippen molar-refractivity contribution in [3.05, 3.63) is 46.8 Å². The second-order valence-corrected chi connectivity index (χ2v) is 5.76. The number of alkyl halides is 3. The first-order valence-corrected chi connectivity index (χ1v) is 7.48. The normalized spacial score (nSPS) is 11.6. The van der Waals surface area contributed by atoms with Gasteiger partial charge in [0, 0.05) is 10.6 Å². The Morgan fingerprint density at radius 2 is 1.90 bits per heavy atom. The maximum absolute atomic E-state index is 12.3. The molecule has 0 radical (unpaired) electrons. The van der Waals surface area contributed by atoms with Gasteiger partial charge >= 0.3 is 6.18 Å². The largest absolute Gasteiger partial charge is 0.452 e. The fourth-order valence-corrected chi connectivity index (χ4v) is 2.66. The van der Waals surface area contributed by atoms with E-state index in [1.165, 1.54) is 0 Å². The van der Waals surface area contributed by atoms with Gasteiger partial charge in [-0.05, 0) is 40.2 Å². The average molecular weight is 366 g/mol. The third-order valence-corrected chi connectivity index (χ3v) is 3.93. The molecule has 2 nitrogen and oxygen atoms in total. The van der Waals surface area contributed by atoms with Gasteiger partial charge in [0.1, 0.15) is 5.76 Å². The number of para-hydroxylation sites is 1. The Labute approximate surface area is 126 Å². The van der Waals surface area contributed by atoms with Gasteiger partial charge in [-0.3, -0.25) is 0 Å². The van der Waals surface area contributed by atoms with E-state index in [4.69, 9.17) is 4.42 Å². The fourth-order valence-electron chi connectivity index (χ4n) is 1.53. The van der Waals surface area contributed by atoms with Gasteiger partial charge in [0.2, 0.25) is 0 Å². The fraction of sp³-hybridized carbons (Fsp3) is 0.231. The van der Waals surface area contributed by atoms with Gasteiger partial charge in [-0.25, -0.2) is 0 Å². The van der Waals surface area contributed by atoms with Crippen LogP contribution in [0, 0.1) is 0 Å². The number of nitrogens with one attached hydrogen (secondary N) is 1. The molecule has 20 heavy (non-hydrogen) atoms. The summed E-state index contributed by atoms with van der Waals surface area (Å²) >= 11 is 3.96. The highest BCUT2D eigenvalue weighted by atomic mass is 79.9. The molecule has 108 valence electrons. The topological polar surface area (TPSA) is 25.2 Å². The number of hydrogen-bond donors (Lipinski definition) is 1. The maximum atomic E-state index is 12.3. The van der Waals surface area contributed by atoms with Gasteiger partial charge in [-0.15, -0.1) is 11.8 Å². The van der Waals surface area contributed by atoms with Crippen LogP contribution in [0.2, 0.25) is 0 Å². The molecule has 0 atom stereocenters. The van der Waals surface area contributed by atoms with Gasteiger partial charge in [0.15, 0.2) is 4.67 Å². The molecular weight excluding hydrogens is 355 g/mol. The minimum Gasteiger partial charge on any atom is -0.452 e. The van der Waals surface area contributed by atoms with Gasteiger partial charge in [0.05, 0.1) is 12.3 Å². The highest BCUT2D eigenvalue weighted by Crippen LogP contribution is 2.32. The van der Waals surface area contributed by atoms with E-state index in [-0.39, 0.29) is 0 Å². The van der Waals surface area contributed by atoms with E-state index in [0.717, 1.165) is 11.8 Å². The number of anilines is 1. The third kappa shape index (κ3) is 4.79. The summed E-state index contributed by atoms with van der Waals surface area (Å²) < 4.78 is 42.7. The van der Waals surface area contributed by atoms with Crippen molar-refractivity contribution >= 4 is 33.4 Å². The summed E-state index contributed by atoms with van der Waals surface area (Å²) in [6.45, 7) is 0.412. The van der Waals surface area contributed by atoms with Gasteiger partial charge in [0.25, 0.3) is 0 Å². The lowest BCUT2D eigenvalue weighted by Gasteiger charge is -2.11. The van der Waals surface area contributed by atoms with Crippen molar-refractivity contribution in [2.45, 2.75) is 17.6 Å². The van der Waals surface area contributed by atoms with Crippen LogP contribution in [-0.2, 0) is 6.54 Å². The molecule has 1 aromatic carbocycles. The Hall–Kier alpha value is -1.08. The predicted octanol–water partition coefficient (Wildman–Crippen LogP) is 5.31. The van der Waals surface area contributed by atoms with E-state index in [1.54, 1.807) is 36.4 Å². The molecule has 0 aliphatic rings. The van der Waals surface area contributed by atoms with E-state index in [0.29, 0.717) is 27.6 Å². The van der Waals surface area contributed by atoms with Gasteiger partial charge < -0.3 is 9.73 Å². The van der Waals surface area contributed by atoms with Gasteiger partial charge in [-0.1, -0.05) is 12.1 Å². The van der Waals surface area contributed by atoms with E-state index in [9.17, 15) is 13.2 Å². The second kappa shape index (κ2) is 6.58. The van der Waals surface area contributed by atoms with Crippen molar-refractivity contribution in [2.75, 3.05) is 11.1 Å². The molecule has 0 spiro atoms. The Kier molecular flexibility index (Phi) is 5.04. The van der Waals surface area contributed by atoms with E-state index >= 15 is 0 Å². The highest BCUT2D eigenvalue weighted by Gasteiger charge is 2.27. The molecular formula is C13H11BrF3NOS. The van der Waals surface area contributed by atoms with Crippen LogP contribution in [0.4, 0.5) is 18.9 Å². The molecule has 1 heterocycles. The average Bonchev–Trinajstić information content (AvgIpc) is 2.80. The van der Waals surface area contributed by atoms with Crippen molar-refractivity contribution < 1.29 is 17.6 Å². The van der Waals surface area contributed by atoms with Gasteiger partial charge in [-0.2, -0.15) is 13.2 Å². The van der Waals surface area contributed by atoms with Crippen molar-refractivity contribution in [2.24, 2.45) is 0 Å². The number of benzene rings is 1. The zero-order valence-corrected chi connectivity index (χ0v) is 12.6. The minimum absolute atomic E-state index is 0.412. The van der Waals surface area contributed by atoms with Crippen LogP contribution in [0.15, 0.2) is 50.4 Å². The molecule has 0 aliphatic carbocycles. The van der Waals surface area contributed by atoms with Crippen LogP contribution < -0.4 is 5.32 Å². The summed E-state index contributed by atoms with van der Waals surface area (Å²) in [7, 11) is 0. The maximum Gasteiger partial charge on any atom is 0.398 e. The van der Waals surface area contributed by atoms with Crippen LogP contribution in [-0.4, -0.2) is 11.9 Å². The standard InChI is InChI=1S/C13H11BrF3NOS/c14-12-6-5-9(19-12)7-18-10-3-1-2-4-11(10)20-8-13(15,16)17/h1-6,18H,7-8H2. The predicted molar refractivity (Wildman–Crippen MR) is 77.0 cm³/mol. The van der Waals surface area contributed by atoms with E-state index in [2.05, 4.69) is 21.2 Å². The van der Waals surface area contributed by atoms with E-state index in [1.807, 2.05) is 0 Å². The first kappa shape index (κ1) is 15.3. The summed E-state index contributed by atoms with van der Waals surface area (Å²) in [5.41, 5.74) is 0.661. The zero-order valence-electron chi connectivity index (χ0n) is 10.2. The smallest absolute Gasteiger partial charge is 0.398 e. The third-order valence-electron chi connectivity index (χ3n) is 2.36. The lowest BCUT2D eigenvalue weighted by Crippen LogP contribution is -2.11. The quantitative estimate of drug-likeness (QED) is 0.727. The van der Waals surface area contributed by atoms with Crippen LogP contribution >= 0.6 is 27.7 Å². The number of rotatable bonds is 5. The number of thioether (sulfide) groups is 1. The Morgan fingerprint density at radius 1 is 1.15 bits per heavy atom. The van der Waals surface area contributed by atoms with Crippen LogP contribution in [0.1, 0.15) is 5.76 Å². The monoisotopic (exact) mass is 365 g/mol. The summed E-state index contributed by atoms with van der Waals surface area (Å²) in [6, 6.07) is 10.5. The van der Waals surface area contributed by atoms with Crippen LogP contribution in [0.25, 0.3) is 0 Å². The molecule has 0 fully saturated rings. The number of furan rings is 1. The molecule has 0 saturated carbocycles. The molecule has 2 aromatic rings. The van der Waals surface area contributed by atoms with Crippen molar-refractivity contribution in [3.63, 3.8) is 0 Å². The SMILES string of the molecule is FC(F)(F)CSc1ccccc1NCc1ccc(Br)o1. The van der Waals surface area contributed by atoms with E-state index < -0.39 is 11.9 Å². The summed E-state index contributed by atoms with van der Waals surface area (Å²) in [5.74, 6) is -0.203. The first-order chi connectivity index (χ1) is 9.44. The molecule has 2 rings (SSSR count). The Morgan fingerprint density at radius 3 is 2.55 bits per heavy atom. The molecule has 0 aliphatic heterocycles. The van der Waals surface area contributed by atoms with Crippen LogP contribution in [0.3, 0.4) is 0 Å². The van der Waals surface area contributed by atoms with Crippen molar-refractivity contribution in [1.82, 2.24) is 0 Å². The molecule has 0 saturated heterocycles. The second-order valence-electron chi connectivity index (χ2n) is 3.96.